The van der Waals surface area contributed by atoms with Gasteiger partial charge in [-0.1, -0.05) is 24.1 Å². The Labute approximate surface area is 163 Å². The Kier molecular flexibility index (Phi) is 5.25. The van der Waals surface area contributed by atoms with E-state index in [0.717, 1.165) is 34.3 Å². The molecule has 2 aliphatic carbocycles. The van der Waals surface area contributed by atoms with Crippen molar-refractivity contribution in [1.29, 1.82) is 0 Å². The quantitative estimate of drug-likeness (QED) is 0.761. The number of thiazole rings is 1. The fourth-order valence-corrected chi connectivity index (χ4v) is 5.04. The molecule has 4 rings (SSSR count). The van der Waals surface area contributed by atoms with Gasteiger partial charge in [0.2, 0.25) is 5.91 Å². The van der Waals surface area contributed by atoms with Crippen molar-refractivity contribution >= 4 is 28.9 Å². The van der Waals surface area contributed by atoms with E-state index in [0.29, 0.717) is 5.92 Å². The standard InChI is InChI=1S/C21H24N2O3S/c1-13-2-6-16(7-3-13)22-19(24)10-20-23-17(12-27-20)11-26-21(25)18-9-14-4-5-15(18)8-14/h2-3,6-7,12,14-15,18H,4-5,8-11H2,1H3,(H,22,24). The van der Waals surface area contributed by atoms with E-state index in [1.807, 2.05) is 36.6 Å². The lowest BCUT2D eigenvalue weighted by Crippen LogP contribution is -2.23. The average Bonchev–Trinajstić information content (AvgIpc) is 3.38. The van der Waals surface area contributed by atoms with Crippen LogP contribution in [0, 0.1) is 24.7 Å². The van der Waals surface area contributed by atoms with Crippen LogP contribution in [0.2, 0.25) is 0 Å². The normalized spacial score (nSPS) is 23.4. The molecule has 3 atom stereocenters. The van der Waals surface area contributed by atoms with Crippen molar-refractivity contribution in [1.82, 2.24) is 4.98 Å². The Morgan fingerprint density at radius 1 is 1.22 bits per heavy atom. The minimum Gasteiger partial charge on any atom is -0.459 e. The molecule has 1 aromatic heterocycles. The number of amides is 1. The smallest absolute Gasteiger partial charge is 0.309 e. The van der Waals surface area contributed by atoms with Crippen LogP contribution in [-0.2, 0) is 27.4 Å². The summed E-state index contributed by atoms with van der Waals surface area (Å²) in [7, 11) is 0. The largest absolute Gasteiger partial charge is 0.459 e. The number of benzene rings is 1. The van der Waals surface area contributed by atoms with Gasteiger partial charge in [0.05, 0.1) is 18.0 Å². The second-order valence-corrected chi connectivity index (χ2v) is 8.66. The Morgan fingerprint density at radius 3 is 2.74 bits per heavy atom. The third-order valence-corrected chi connectivity index (χ3v) is 6.55. The van der Waals surface area contributed by atoms with E-state index in [1.165, 1.54) is 30.6 Å². The predicted octanol–water partition coefficient (Wildman–Crippen LogP) is 4.11. The predicted molar refractivity (Wildman–Crippen MR) is 104 cm³/mol. The van der Waals surface area contributed by atoms with Crippen molar-refractivity contribution in [2.45, 2.75) is 45.6 Å². The molecule has 27 heavy (non-hydrogen) atoms. The summed E-state index contributed by atoms with van der Waals surface area (Å²) in [6.07, 6.45) is 4.84. The Bertz CT molecular complexity index is 830. The van der Waals surface area contributed by atoms with E-state index in [1.54, 1.807) is 0 Å². The van der Waals surface area contributed by atoms with Crippen molar-refractivity contribution in [2.24, 2.45) is 17.8 Å². The first-order valence-corrected chi connectivity index (χ1v) is 10.4. The molecule has 1 aromatic carbocycles. The van der Waals surface area contributed by atoms with Crippen molar-refractivity contribution in [3.8, 4) is 0 Å². The van der Waals surface area contributed by atoms with Crippen molar-refractivity contribution in [3.05, 3.63) is 45.9 Å². The molecule has 0 spiro atoms. The molecule has 2 fully saturated rings. The van der Waals surface area contributed by atoms with E-state index in [4.69, 9.17) is 4.74 Å². The van der Waals surface area contributed by atoms with Crippen molar-refractivity contribution in [3.63, 3.8) is 0 Å². The maximum absolute atomic E-state index is 12.3. The van der Waals surface area contributed by atoms with Gasteiger partial charge in [-0.25, -0.2) is 4.98 Å². The number of hydrogen-bond acceptors (Lipinski definition) is 5. The molecule has 2 bridgehead atoms. The number of nitrogens with zero attached hydrogens (tertiary/aromatic N) is 1. The number of ether oxygens (including phenoxy) is 1. The van der Waals surface area contributed by atoms with Gasteiger partial charge in [0.25, 0.3) is 0 Å². The number of carbonyl (C=O) groups excluding carboxylic acids is 2. The van der Waals surface area contributed by atoms with E-state index >= 15 is 0 Å². The van der Waals surface area contributed by atoms with Gasteiger partial charge in [-0.2, -0.15) is 0 Å². The Balaban J connectivity index is 1.25. The lowest BCUT2D eigenvalue weighted by atomic mass is 9.89. The molecule has 0 radical (unpaired) electrons. The van der Waals surface area contributed by atoms with Crippen LogP contribution in [0.5, 0.6) is 0 Å². The highest BCUT2D eigenvalue weighted by atomic mass is 32.1. The number of carbonyl (C=O) groups is 2. The van der Waals surface area contributed by atoms with Gasteiger partial charge in [0.15, 0.2) is 0 Å². The average molecular weight is 385 g/mol. The second kappa shape index (κ2) is 7.80. The number of esters is 1. The zero-order chi connectivity index (χ0) is 18.8. The molecule has 0 aliphatic heterocycles. The topological polar surface area (TPSA) is 68.3 Å². The maximum Gasteiger partial charge on any atom is 0.309 e. The molecule has 1 N–H and O–H groups in total. The molecule has 2 aromatic rings. The summed E-state index contributed by atoms with van der Waals surface area (Å²) < 4.78 is 5.49. The molecule has 5 nitrogen and oxygen atoms in total. The number of aryl methyl sites for hydroxylation is 1. The fourth-order valence-electron chi connectivity index (χ4n) is 4.26. The van der Waals surface area contributed by atoms with Crippen LogP contribution in [0.3, 0.4) is 0 Å². The summed E-state index contributed by atoms with van der Waals surface area (Å²) in [5.74, 6) is 1.17. The van der Waals surface area contributed by atoms with Gasteiger partial charge >= 0.3 is 5.97 Å². The summed E-state index contributed by atoms with van der Waals surface area (Å²) in [6.45, 7) is 2.20. The molecule has 0 saturated heterocycles. The van der Waals surface area contributed by atoms with E-state index < -0.39 is 0 Å². The molecular formula is C21H24N2O3S. The SMILES string of the molecule is Cc1ccc(NC(=O)Cc2nc(COC(=O)C3CC4CCC3C4)cs2)cc1. The summed E-state index contributed by atoms with van der Waals surface area (Å²) >= 11 is 1.42. The lowest BCUT2D eigenvalue weighted by Gasteiger charge is -2.19. The van der Waals surface area contributed by atoms with Crippen molar-refractivity contribution < 1.29 is 14.3 Å². The van der Waals surface area contributed by atoms with Crippen LogP contribution < -0.4 is 5.32 Å². The van der Waals surface area contributed by atoms with Gasteiger partial charge < -0.3 is 10.1 Å². The Morgan fingerprint density at radius 2 is 2.04 bits per heavy atom. The number of fused-ring (bicyclic) bond motifs is 2. The molecule has 2 aliphatic rings. The molecular weight excluding hydrogens is 360 g/mol. The van der Waals surface area contributed by atoms with Gasteiger partial charge in [-0.05, 0) is 50.2 Å². The number of nitrogens with one attached hydrogen (secondary N) is 1. The van der Waals surface area contributed by atoms with Gasteiger partial charge in [0.1, 0.15) is 11.6 Å². The first-order valence-electron chi connectivity index (χ1n) is 9.53. The van der Waals surface area contributed by atoms with Crippen LogP contribution in [-0.4, -0.2) is 16.9 Å². The van der Waals surface area contributed by atoms with E-state index in [2.05, 4.69) is 10.3 Å². The molecule has 1 heterocycles. The first-order chi connectivity index (χ1) is 13.1. The summed E-state index contributed by atoms with van der Waals surface area (Å²) in [6, 6.07) is 7.69. The molecule has 3 unspecified atom stereocenters. The monoisotopic (exact) mass is 384 g/mol. The zero-order valence-electron chi connectivity index (χ0n) is 15.4. The fraction of sp³-hybridized carbons (Fsp3) is 0.476. The van der Waals surface area contributed by atoms with Gasteiger partial charge in [0, 0.05) is 11.1 Å². The molecule has 6 heteroatoms. The maximum atomic E-state index is 12.3. The number of rotatable bonds is 6. The second-order valence-electron chi connectivity index (χ2n) is 7.71. The molecule has 1 amide bonds. The van der Waals surface area contributed by atoms with Crippen LogP contribution in [0.25, 0.3) is 0 Å². The minimum atomic E-state index is -0.0984. The first kappa shape index (κ1) is 18.2. The molecule has 2 saturated carbocycles. The van der Waals surface area contributed by atoms with Crippen LogP contribution >= 0.6 is 11.3 Å². The zero-order valence-corrected chi connectivity index (χ0v) is 16.3. The minimum absolute atomic E-state index is 0.0751. The highest BCUT2D eigenvalue weighted by Gasteiger charge is 2.43. The third-order valence-electron chi connectivity index (χ3n) is 5.65. The molecule has 142 valence electrons. The van der Waals surface area contributed by atoms with Crippen LogP contribution in [0.4, 0.5) is 5.69 Å². The lowest BCUT2D eigenvalue weighted by molar-refractivity contribution is -0.151. The van der Waals surface area contributed by atoms with Crippen LogP contribution in [0.15, 0.2) is 29.6 Å². The van der Waals surface area contributed by atoms with Crippen LogP contribution in [0.1, 0.15) is 41.9 Å². The highest BCUT2D eigenvalue weighted by molar-refractivity contribution is 7.09. The van der Waals surface area contributed by atoms with Gasteiger partial charge in [-0.15, -0.1) is 11.3 Å². The van der Waals surface area contributed by atoms with E-state index in [-0.39, 0.29) is 30.8 Å². The summed E-state index contributed by atoms with van der Waals surface area (Å²) in [5.41, 5.74) is 2.65. The number of aromatic nitrogens is 1. The Hall–Kier alpha value is -2.21. The van der Waals surface area contributed by atoms with E-state index in [9.17, 15) is 9.59 Å². The number of hydrogen-bond donors (Lipinski definition) is 1. The third kappa shape index (κ3) is 4.38. The van der Waals surface area contributed by atoms with Crippen molar-refractivity contribution in [2.75, 3.05) is 5.32 Å². The summed E-state index contributed by atoms with van der Waals surface area (Å²) in [5, 5.41) is 5.46. The summed E-state index contributed by atoms with van der Waals surface area (Å²) in [4.78, 5) is 28.9. The number of anilines is 1. The highest BCUT2D eigenvalue weighted by Crippen LogP contribution is 2.48. The van der Waals surface area contributed by atoms with Gasteiger partial charge in [-0.3, -0.25) is 9.59 Å².